The predicted octanol–water partition coefficient (Wildman–Crippen LogP) is 1.14. The Morgan fingerprint density at radius 3 is 2.96 bits per heavy atom. The number of benzene rings is 1. The zero-order valence-electron chi connectivity index (χ0n) is 14.5. The van der Waals surface area contributed by atoms with Crippen molar-refractivity contribution in [1.29, 1.82) is 0 Å². The van der Waals surface area contributed by atoms with E-state index >= 15 is 0 Å². The van der Waals surface area contributed by atoms with Crippen LogP contribution in [0.1, 0.15) is 24.1 Å². The van der Waals surface area contributed by atoms with Gasteiger partial charge in [0, 0.05) is 17.3 Å². The molecule has 27 heavy (non-hydrogen) atoms. The summed E-state index contributed by atoms with van der Waals surface area (Å²) in [6.45, 7) is -0.00847. The molecule has 1 aromatic carbocycles. The molecule has 0 saturated heterocycles. The quantitative estimate of drug-likeness (QED) is 0.745. The van der Waals surface area contributed by atoms with Gasteiger partial charge in [0.05, 0.1) is 5.69 Å². The molecule has 0 atom stereocenters. The summed E-state index contributed by atoms with van der Waals surface area (Å²) in [5.74, 6) is 0.874. The lowest BCUT2D eigenvalue weighted by Gasteiger charge is -2.09. The monoisotopic (exact) mass is 367 g/mol. The number of aromatic nitrogens is 4. The molecular formula is C18H17N5O4. The predicted molar refractivity (Wildman–Crippen MR) is 95.1 cm³/mol. The van der Waals surface area contributed by atoms with Crippen LogP contribution in [0.2, 0.25) is 0 Å². The molecule has 1 amide bonds. The van der Waals surface area contributed by atoms with E-state index in [1.165, 1.54) is 15.5 Å². The normalized spacial score (nSPS) is 15.0. The Hall–Kier alpha value is -3.36. The fraction of sp³-hybridized carbons (Fsp3) is 0.333. The van der Waals surface area contributed by atoms with Gasteiger partial charge in [0.15, 0.2) is 11.5 Å². The van der Waals surface area contributed by atoms with Crippen LogP contribution in [0.3, 0.4) is 0 Å². The maximum atomic E-state index is 12.8. The summed E-state index contributed by atoms with van der Waals surface area (Å²) in [6, 6.07) is 5.14. The SMILES string of the molecule is O=C(Cn1ncn2nc3c(c2c1=O)CCCC3)Nc1ccc2c(c1)OCO2. The Morgan fingerprint density at radius 1 is 1.19 bits per heavy atom. The van der Waals surface area contributed by atoms with Crippen molar-refractivity contribution in [2.24, 2.45) is 0 Å². The molecule has 0 saturated carbocycles. The number of fused-ring (bicyclic) bond motifs is 4. The number of aryl methyl sites for hydroxylation is 2. The van der Waals surface area contributed by atoms with Crippen LogP contribution < -0.4 is 20.3 Å². The largest absolute Gasteiger partial charge is 0.454 e. The van der Waals surface area contributed by atoms with Crippen LogP contribution in [0.25, 0.3) is 5.52 Å². The summed E-state index contributed by atoms with van der Waals surface area (Å²) in [4.78, 5) is 25.2. The molecule has 0 bridgehead atoms. The van der Waals surface area contributed by atoms with Crippen molar-refractivity contribution in [3.8, 4) is 11.5 Å². The number of hydrogen-bond donors (Lipinski definition) is 1. The molecule has 9 heteroatoms. The second-order valence-electron chi connectivity index (χ2n) is 6.64. The fourth-order valence-corrected chi connectivity index (χ4v) is 3.59. The first kappa shape index (κ1) is 15.9. The van der Waals surface area contributed by atoms with Crippen molar-refractivity contribution >= 4 is 17.1 Å². The minimum Gasteiger partial charge on any atom is -0.454 e. The van der Waals surface area contributed by atoms with Crippen LogP contribution >= 0.6 is 0 Å². The van der Waals surface area contributed by atoms with Gasteiger partial charge in [-0.2, -0.15) is 10.2 Å². The number of nitrogens with one attached hydrogen (secondary N) is 1. The molecule has 9 nitrogen and oxygen atoms in total. The third-order valence-electron chi connectivity index (χ3n) is 4.87. The molecule has 2 aromatic heterocycles. The standard InChI is InChI=1S/C18H17N5O4/c24-16(20-11-5-6-14-15(7-11)27-10-26-14)8-22-18(25)17-12-3-1-2-4-13(12)21-23(17)9-19-22/h5-7,9H,1-4,8,10H2,(H,20,24). The molecule has 138 valence electrons. The minimum atomic E-state index is -0.346. The smallest absolute Gasteiger partial charge is 0.293 e. The molecule has 0 unspecified atom stereocenters. The average Bonchev–Trinajstić information content (AvgIpc) is 3.28. The number of anilines is 1. The lowest BCUT2D eigenvalue weighted by atomic mass is 9.97. The van der Waals surface area contributed by atoms with E-state index < -0.39 is 0 Å². The Labute approximate surface area is 153 Å². The van der Waals surface area contributed by atoms with E-state index in [0.717, 1.165) is 36.9 Å². The van der Waals surface area contributed by atoms with Crippen molar-refractivity contribution in [3.05, 3.63) is 46.1 Å². The van der Waals surface area contributed by atoms with Gasteiger partial charge >= 0.3 is 0 Å². The lowest BCUT2D eigenvalue weighted by molar-refractivity contribution is -0.117. The van der Waals surface area contributed by atoms with E-state index in [1.807, 2.05) is 0 Å². The van der Waals surface area contributed by atoms with Gasteiger partial charge in [-0.1, -0.05) is 0 Å². The van der Waals surface area contributed by atoms with Crippen molar-refractivity contribution in [2.75, 3.05) is 12.1 Å². The summed E-state index contributed by atoms with van der Waals surface area (Å²) >= 11 is 0. The highest BCUT2D eigenvalue weighted by Gasteiger charge is 2.21. The second kappa shape index (κ2) is 6.11. The third-order valence-corrected chi connectivity index (χ3v) is 4.87. The topological polar surface area (TPSA) is 99.8 Å². The molecule has 1 aliphatic carbocycles. The summed E-state index contributed by atoms with van der Waals surface area (Å²) in [6.07, 6.45) is 5.32. The first-order valence-corrected chi connectivity index (χ1v) is 8.85. The van der Waals surface area contributed by atoms with E-state index in [2.05, 4.69) is 15.5 Å². The van der Waals surface area contributed by atoms with Gasteiger partial charge in [-0.15, -0.1) is 0 Å². The molecule has 2 aliphatic rings. The molecule has 1 N–H and O–H groups in total. The Morgan fingerprint density at radius 2 is 2.04 bits per heavy atom. The molecule has 1 aliphatic heterocycles. The van der Waals surface area contributed by atoms with Gasteiger partial charge in [0.1, 0.15) is 18.4 Å². The Balaban J connectivity index is 1.40. The van der Waals surface area contributed by atoms with Gasteiger partial charge in [-0.05, 0) is 37.8 Å². The summed E-state index contributed by atoms with van der Waals surface area (Å²) in [5, 5.41) is 11.3. The van der Waals surface area contributed by atoms with E-state index in [9.17, 15) is 9.59 Å². The average molecular weight is 367 g/mol. The molecule has 3 heterocycles. The van der Waals surface area contributed by atoms with E-state index in [1.54, 1.807) is 18.2 Å². The van der Waals surface area contributed by atoms with Gasteiger partial charge in [0.25, 0.3) is 5.56 Å². The van der Waals surface area contributed by atoms with Gasteiger partial charge in [-0.25, -0.2) is 9.20 Å². The number of carbonyl (C=O) groups is 1. The number of nitrogens with zero attached hydrogens (tertiary/aromatic N) is 4. The van der Waals surface area contributed by atoms with Gasteiger partial charge in [-0.3, -0.25) is 9.59 Å². The summed E-state index contributed by atoms with van der Waals surface area (Å²) in [7, 11) is 0. The number of ether oxygens (including phenoxy) is 2. The van der Waals surface area contributed by atoms with E-state index in [4.69, 9.17) is 9.47 Å². The number of rotatable bonds is 3. The highest BCUT2D eigenvalue weighted by atomic mass is 16.7. The van der Waals surface area contributed by atoms with Crippen LogP contribution in [0, 0.1) is 0 Å². The Bertz CT molecular complexity index is 1120. The molecule has 3 aromatic rings. The first-order chi connectivity index (χ1) is 13.2. The zero-order valence-corrected chi connectivity index (χ0v) is 14.5. The van der Waals surface area contributed by atoms with Gasteiger partial charge < -0.3 is 14.8 Å². The molecular weight excluding hydrogens is 350 g/mol. The van der Waals surface area contributed by atoms with Crippen molar-refractivity contribution in [2.45, 2.75) is 32.2 Å². The summed E-state index contributed by atoms with van der Waals surface area (Å²) < 4.78 is 13.3. The van der Waals surface area contributed by atoms with E-state index in [0.29, 0.717) is 22.7 Å². The second-order valence-corrected chi connectivity index (χ2v) is 6.64. The van der Waals surface area contributed by atoms with Gasteiger partial charge in [0.2, 0.25) is 12.7 Å². The summed E-state index contributed by atoms with van der Waals surface area (Å²) in [5.41, 5.74) is 2.74. The number of hydrogen-bond acceptors (Lipinski definition) is 6. The highest BCUT2D eigenvalue weighted by Crippen LogP contribution is 2.34. The maximum absolute atomic E-state index is 12.8. The Kier molecular flexibility index (Phi) is 3.59. The number of carbonyl (C=O) groups excluding carboxylic acids is 1. The fourth-order valence-electron chi connectivity index (χ4n) is 3.59. The van der Waals surface area contributed by atoms with Crippen LogP contribution in [-0.4, -0.2) is 32.1 Å². The minimum absolute atomic E-state index is 0.168. The lowest BCUT2D eigenvalue weighted by Crippen LogP contribution is -2.31. The van der Waals surface area contributed by atoms with Crippen LogP contribution in [0.4, 0.5) is 5.69 Å². The molecule has 0 spiro atoms. The highest BCUT2D eigenvalue weighted by molar-refractivity contribution is 5.91. The van der Waals surface area contributed by atoms with Crippen molar-refractivity contribution in [3.63, 3.8) is 0 Å². The molecule has 0 fully saturated rings. The zero-order chi connectivity index (χ0) is 18.4. The van der Waals surface area contributed by atoms with Crippen molar-refractivity contribution in [1.82, 2.24) is 19.4 Å². The van der Waals surface area contributed by atoms with Crippen LogP contribution in [-0.2, 0) is 24.2 Å². The van der Waals surface area contributed by atoms with Crippen LogP contribution in [0.15, 0.2) is 29.3 Å². The van der Waals surface area contributed by atoms with Crippen LogP contribution in [0.5, 0.6) is 11.5 Å². The van der Waals surface area contributed by atoms with Crippen molar-refractivity contribution < 1.29 is 14.3 Å². The molecule has 0 radical (unpaired) electrons. The maximum Gasteiger partial charge on any atom is 0.293 e. The first-order valence-electron chi connectivity index (χ1n) is 8.85. The third kappa shape index (κ3) is 2.71. The molecule has 5 rings (SSSR count). The number of amides is 1. The van der Waals surface area contributed by atoms with E-state index in [-0.39, 0.29) is 24.8 Å².